The summed E-state index contributed by atoms with van der Waals surface area (Å²) in [6, 6.07) is 3.35. The van der Waals surface area contributed by atoms with Gasteiger partial charge in [-0.25, -0.2) is 12.8 Å². The van der Waals surface area contributed by atoms with Crippen LogP contribution in [0.1, 0.15) is 0 Å². The summed E-state index contributed by atoms with van der Waals surface area (Å²) in [7, 11) is -2.24. The van der Waals surface area contributed by atoms with Crippen molar-refractivity contribution in [2.45, 2.75) is 4.90 Å². The fraction of sp³-hybridized carbons (Fsp3) is 0.333. The first kappa shape index (κ1) is 11.9. The highest BCUT2D eigenvalue weighted by atomic mass is 32.2. The molecular weight excluding hydrogens is 221 g/mol. The summed E-state index contributed by atoms with van der Waals surface area (Å²) >= 11 is 0. The molecule has 0 unspecified atom stereocenters. The number of benzene rings is 1. The molecule has 1 aromatic rings. The van der Waals surface area contributed by atoms with Gasteiger partial charge in [0.05, 0.1) is 12.9 Å². The van der Waals surface area contributed by atoms with Crippen molar-refractivity contribution in [3.05, 3.63) is 24.0 Å². The third-order valence-electron chi connectivity index (χ3n) is 1.85. The van der Waals surface area contributed by atoms with Crippen LogP contribution in [0.3, 0.4) is 0 Å². The van der Waals surface area contributed by atoms with E-state index in [4.69, 9.17) is 10.5 Å². The van der Waals surface area contributed by atoms with Gasteiger partial charge >= 0.3 is 0 Å². The molecule has 0 bridgehead atoms. The topological polar surface area (TPSA) is 69.4 Å². The number of halogens is 1. The van der Waals surface area contributed by atoms with Gasteiger partial charge in [0.2, 0.25) is 0 Å². The minimum absolute atomic E-state index is 0.0119. The summed E-state index contributed by atoms with van der Waals surface area (Å²) in [4.78, 5) is -0.157. The standard InChI is InChI=1S/C9H12FNO3S/c1-14-8-3-2-7(10)6-9(8)15(12,13)5-4-11/h2-3,6H,4-5,11H2,1H3. The van der Waals surface area contributed by atoms with E-state index in [0.717, 1.165) is 12.1 Å². The van der Waals surface area contributed by atoms with Gasteiger partial charge < -0.3 is 10.5 Å². The van der Waals surface area contributed by atoms with Crippen LogP contribution in [0.25, 0.3) is 0 Å². The molecule has 0 saturated heterocycles. The van der Waals surface area contributed by atoms with Gasteiger partial charge in [-0.3, -0.25) is 0 Å². The molecule has 0 fully saturated rings. The lowest BCUT2D eigenvalue weighted by atomic mass is 10.3. The largest absolute Gasteiger partial charge is 0.495 e. The number of methoxy groups -OCH3 is 1. The maximum atomic E-state index is 12.9. The van der Waals surface area contributed by atoms with E-state index < -0.39 is 15.7 Å². The van der Waals surface area contributed by atoms with Crippen LogP contribution in [-0.4, -0.2) is 27.8 Å². The number of sulfone groups is 1. The van der Waals surface area contributed by atoms with Crippen molar-refractivity contribution < 1.29 is 17.5 Å². The number of ether oxygens (including phenoxy) is 1. The Hall–Kier alpha value is -1.14. The molecule has 0 aromatic heterocycles. The lowest BCUT2D eigenvalue weighted by molar-refractivity contribution is 0.401. The number of hydrogen-bond donors (Lipinski definition) is 1. The molecule has 0 aliphatic carbocycles. The highest BCUT2D eigenvalue weighted by Crippen LogP contribution is 2.25. The minimum atomic E-state index is -3.57. The van der Waals surface area contributed by atoms with Crippen molar-refractivity contribution in [3.8, 4) is 5.75 Å². The molecule has 6 heteroatoms. The first-order valence-corrected chi connectivity index (χ1v) is 5.93. The van der Waals surface area contributed by atoms with E-state index >= 15 is 0 Å². The summed E-state index contributed by atoms with van der Waals surface area (Å²) < 4.78 is 41.0. The second kappa shape index (κ2) is 4.59. The van der Waals surface area contributed by atoms with Crippen LogP contribution >= 0.6 is 0 Å². The molecule has 2 N–H and O–H groups in total. The van der Waals surface area contributed by atoms with E-state index in [9.17, 15) is 12.8 Å². The lowest BCUT2D eigenvalue weighted by Gasteiger charge is -2.08. The van der Waals surface area contributed by atoms with Crippen molar-refractivity contribution in [2.24, 2.45) is 5.73 Å². The third-order valence-corrected chi connectivity index (χ3v) is 3.61. The van der Waals surface area contributed by atoms with Crippen molar-refractivity contribution in [1.29, 1.82) is 0 Å². The summed E-state index contributed by atoms with van der Waals surface area (Å²) in [6.45, 7) is -0.0119. The average molecular weight is 233 g/mol. The van der Waals surface area contributed by atoms with Crippen LogP contribution in [0.15, 0.2) is 23.1 Å². The van der Waals surface area contributed by atoms with Crippen molar-refractivity contribution in [3.63, 3.8) is 0 Å². The zero-order valence-electron chi connectivity index (χ0n) is 8.23. The molecule has 15 heavy (non-hydrogen) atoms. The maximum Gasteiger partial charge on any atom is 0.183 e. The highest BCUT2D eigenvalue weighted by molar-refractivity contribution is 7.91. The van der Waals surface area contributed by atoms with Crippen LogP contribution in [-0.2, 0) is 9.84 Å². The molecule has 0 aliphatic heterocycles. The first-order chi connectivity index (χ1) is 7.01. The van der Waals surface area contributed by atoms with Gasteiger partial charge in [-0.05, 0) is 18.2 Å². The first-order valence-electron chi connectivity index (χ1n) is 4.27. The van der Waals surface area contributed by atoms with E-state index in [-0.39, 0.29) is 22.9 Å². The summed E-state index contributed by atoms with van der Waals surface area (Å²) in [5.74, 6) is -0.719. The van der Waals surface area contributed by atoms with E-state index in [1.165, 1.54) is 13.2 Å². The molecule has 0 heterocycles. The summed E-state index contributed by atoms with van der Waals surface area (Å²) in [5.41, 5.74) is 5.17. The second-order valence-electron chi connectivity index (χ2n) is 2.90. The summed E-state index contributed by atoms with van der Waals surface area (Å²) in [5, 5.41) is 0. The maximum absolute atomic E-state index is 12.9. The van der Waals surface area contributed by atoms with Crippen molar-refractivity contribution in [1.82, 2.24) is 0 Å². The molecule has 0 amide bonds. The monoisotopic (exact) mass is 233 g/mol. The van der Waals surface area contributed by atoms with Gasteiger partial charge in [0, 0.05) is 6.54 Å². The average Bonchev–Trinajstić information content (AvgIpc) is 2.17. The van der Waals surface area contributed by atoms with Gasteiger partial charge in [-0.1, -0.05) is 0 Å². The van der Waals surface area contributed by atoms with Crippen molar-refractivity contribution in [2.75, 3.05) is 19.4 Å². The molecule has 1 aromatic carbocycles. The fourth-order valence-corrected chi connectivity index (χ4v) is 2.44. The molecule has 84 valence electrons. The Morgan fingerprint density at radius 3 is 2.67 bits per heavy atom. The Balaban J connectivity index is 3.28. The van der Waals surface area contributed by atoms with Gasteiger partial charge in [0.15, 0.2) is 9.84 Å². The van der Waals surface area contributed by atoms with Gasteiger partial charge in [0.25, 0.3) is 0 Å². The molecule has 0 radical (unpaired) electrons. The van der Waals surface area contributed by atoms with Crippen LogP contribution in [0, 0.1) is 5.82 Å². The molecule has 0 spiro atoms. The van der Waals surface area contributed by atoms with Crippen LogP contribution in [0.4, 0.5) is 4.39 Å². The van der Waals surface area contributed by atoms with Gasteiger partial charge in [-0.15, -0.1) is 0 Å². The van der Waals surface area contributed by atoms with E-state index in [2.05, 4.69) is 0 Å². The molecule has 1 rings (SSSR count). The van der Waals surface area contributed by atoms with Crippen LogP contribution in [0.2, 0.25) is 0 Å². The second-order valence-corrected chi connectivity index (χ2v) is 4.98. The third kappa shape index (κ3) is 2.66. The molecule has 4 nitrogen and oxygen atoms in total. The minimum Gasteiger partial charge on any atom is -0.495 e. The number of hydrogen-bond acceptors (Lipinski definition) is 4. The lowest BCUT2D eigenvalue weighted by Crippen LogP contribution is -2.16. The molecule has 0 atom stereocenters. The fourth-order valence-electron chi connectivity index (χ4n) is 1.16. The predicted molar refractivity (Wildman–Crippen MR) is 54.1 cm³/mol. The smallest absolute Gasteiger partial charge is 0.183 e. The summed E-state index contributed by atoms with van der Waals surface area (Å²) in [6.07, 6.45) is 0. The van der Waals surface area contributed by atoms with Gasteiger partial charge in [0.1, 0.15) is 16.5 Å². The Bertz CT molecular complexity index is 445. The molecule has 0 aliphatic rings. The molecule has 0 saturated carbocycles. The molecular formula is C9H12FNO3S. The quantitative estimate of drug-likeness (QED) is 0.825. The van der Waals surface area contributed by atoms with E-state index in [1.54, 1.807) is 0 Å². The Morgan fingerprint density at radius 2 is 2.13 bits per heavy atom. The number of rotatable bonds is 4. The van der Waals surface area contributed by atoms with E-state index in [0.29, 0.717) is 0 Å². The Morgan fingerprint density at radius 1 is 1.47 bits per heavy atom. The van der Waals surface area contributed by atoms with E-state index in [1.807, 2.05) is 0 Å². The zero-order chi connectivity index (χ0) is 11.5. The SMILES string of the molecule is COc1ccc(F)cc1S(=O)(=O)CCN. The number of nitrogens with two attached hydrogens (primary N) is 1. The zero-order valence-corrected chi connectivity index (χ0v) is 9.05. The van der Waals surface area contributed by atoms with Crippen molar-refractivity contribution >= 4 is 9.84 Å². The Labute approximate surface area is 87.8 Å². The highest BCUT2D eigenvalue weighted by Gasteiger charge is 2.19. The Kier molecular flexibility index (Phi) is 3.65. The van der Waals surface area contributed by atoms with Gasteiger partial charge in [-0.2, -0.15) is 0 Å². The van der Waals surface area contributed by atoms with Crippen LogP contribution in [0.5, 0.6) is 5.75 Å². The normalized spacial score (nSPS) is 11.4. The predicted octanol–water partition coefficient (Wildman–Crippen LogP) is 0.567. The van der Waals surface area contributed by atoms with Crippen LogP contribution < -0.4 is 10.5 Å².